The first-order valence-electron chi connectivity index (χ1n) is 19.5. The Morgan fingerprint density at radius 1 is 0.875 bits per heavy atom. The van der Waals surface area contributed by atoms with Crippen molar-refractivity contribution in [3.8, 4) is 0 Å². The van der Waals surface area contributed by atoms with Crippen LogP contribution in [-0.4, -0.2) is 90.3 Å². The largest absolute Gasteiger partial charge is 0.444 e. The Morgan fingerprint density at radius 2 is 1.46 bits per heavy atom. The van der Waals surface area contributed by atoms with E-state index in [0.717, 1.165) is 42.3 Å². The number of aryl methyl sites for hydroxylation is 3. The Hall–Kier alpha value is -4.57. The summed E-state index contributed by atoms with van der Waals surface area (Å²) in [6.07, 6.45) is 3.39. The van der Waals surface area contributed by atoms with Gasteiger partial charge in [-0.3, -0.25) is 28.8 Å². The Morgan fingerprint density at radius 3 is 2.07 bits per heavy atom. The number of nitrogens with two attached hydrogens (primary N) is 1. The minimum Gasteiger partial charge on any atom is -0.444 e. The number of amides is 4. The fraction of sp³-hybridized carbons (Fsp3) is 0.585. The second-order valence-electron chi connectivity index (χ2n) is 15.1. The summed E-state index contributed by atoms with van der Waals surface area (Å²) in [6, 6.07) is 12.9. The lowest BCUT2D eigenvalue weighted by Crippen LogP contribution is -2.45. The van der Waals surface area contributed by atoms with Gasteiger partial charge in [-0.2, -0.15) is 0 Å². The van der Waals surface area contributed by atoms with Crippen molar-refractivity contribution in [1.82, 2.24) is 19.8 Å². The van der Waals surface area contributed by atoms with Gasteiger partial charge in [-0.25, -0.2) is 9.59 Å². The molecule has 1 aliphatic rings. The van der Waals surface area contributed by atoms with Crippen LogP contribution < -0.4 is 22.1 Å². The predicted molar refractivity (Wildman–Crippen MR) is 210 cm³/mol. The lowest BCUT2D eigenvalue weighted by atomic mass is 10.1. The van der Waals surface area contributed by atoms with Crippen LogP contribution in [0.1, 0.15) is 89.0 Å². The Kier molecular flexibility index (Phi) is 17.1. The summed E-state index contributed by atoms with van der Waals surface area (Å²) in [5, 5.41) is 5.15. The molecule has 1 fully saturated rings. The van der Waals surface area contributed by atoms with Crippen LogP contribution in [0.2, 0.25) is 0 Å². The van der Waals surface area contributed by atoms with Crippen LogP contribution in [0.3, 0.4) is 0 Å². The van der Waals surface area contributed by atoms with E-state index < -0.39 is 35.6 Å². The smallest absolute Gasteiger partial charge is 0.407 e. The highest BCUT2D eigenvalue weighted by molar-refractivity contribution is 6.00. The molecule has 4 N–H and O–H groups in total. The van der Waals surface area contributed by atoms with Gasteiger partial charge in [0.15, 0.2) is 0 Å². The third kappa shape index (κ3) is 14.2. The van der Waals surface area contributed by atoms with Gasteiger partial charge in [0.1, 0.15) is 11.6 Å². The van der Waals surface area contributed by atoms with Crippen molar-refractivity contribution in [3.05, 3.63) is 69.6 Å². The van der Waals surface area contributed by atoms with Crippen LogP contribution >= 0.6 is 0 Å². The van der Waals surface area contributed by atoms with Gasteiger partial charge in [0.25, 0.3) is 0 Å². The number of imide groups is 1. The van der Waals surface area contributed by atoms with E-state index in [1.807, 2.05) is 37.3 Å². The van der Waals surface area contributed by atoms with E-state index in [4.69, 9.17) is 29.4 Å². The van der Waals surface area contributed by atoms with E-state index in [1.165, 1.54) is 10.1 Å². The molecule has 15 nitrogen and oxygen atoms in total. The molecular weight excluding hydrogens is 722 g/mol. The Bertz CT molecular complexity index is 1810. The molecule has 2 heterocycles. The minimum absolute atomic E-state index is 0.124. The number of nitrogens with zero attached hydrogens (tertiary/aromatic N) is 2. The number of alkyl carbamates (subject to hydrolysis) is 1. The van der Waals surface area contributed by atoms with Gasteiger partial charge < -0.3 is 34.7 Å². The molecule has 1 aromatic heterocycles. The van der Waals surface area contributed by atoms with Crippen LogP contribution in [-0.2, 0) is 64.6 Å². The molecule has 0 aliphatic carbocycles. The number of hydrogen-bond acceptors (Lipinski definition) is 10. The highest BCUT2D eigenvalue weighted by Crippen LogP contribution is 2.24. The van der Waals surface area contributed by atoms with Gasteiger partial charge in [-0.15, -0.1) is 0 Å². The van der Waals surface area contributed by atoms with E-state index in [1.54, 1.807) is 32.4 Å². The van der Waals surface area contributed by atoms with Crippen molar-refractivity contribution in [2.45, 2.75) is 109 Å². The van der Waals surface area contributed by atoms with Gasteiger partial charge in [-0.05, 0) is 95.0 Å². The van der Waals surface area contributed by atoms with Gasteiger partial charge >= 0.3 is 11.8 Å². The quantitative estimate of drug-likeness (QED) is 0.0937. The molecule has 4 amide bonds. The lowest BCUT2D eigenvalue weighted by Gasteiger charge is -2.27. The maximum Gasteiger partial charge on any atom is 0.407 e. The number of hydrogen-bond donors (Lipinski definition) is 3. The van der Waals surface area contributed by atoms with Crippen molar-refractivity contribution in [2.75, 3.05) is 39.6 Å². The zero-order valence-corrected chi connectivity index (χ0v) is 33.4. The van der Waals surface area contributed by atoms with Crippen LogP contribution in [0.15, 0.2) is 47.3 Å². The Balaban J connectivity index is 1.03. The summed E-state index contributed by atoms with van der Waals surface area (Å²) in [4.78, 5) is 60.6. The highest BCUT2D eigenvalue weighted by Gasteiger charge is 2.31. The van der Waals surface area contributed by atoms with Gasteiger partial charge in [0, 0.05) is 33.1 Å². The third-order valence-electron chi connectivity index (χ3n) is 9.43. The molecule has 308 valence electrons. The standard InChI is InChI=1S/C41H59N5O10/c1-28(32(15-18-36(42)47)43-39(50)56-41(2,3)4)55-27-31-12-10-29(11-13-31)8-6-20-52-22-24-54-25-23-53-21-7-9-30-14-16-33-35(26-30)45(5)40(51)46(33)34-17-19-37(48)44-38(34)49/h10-14,16,26,28,32,34H,6-9,15,17-25,27H2,1-5H3,(H2,42,47)(H,43,50)(H,44,48,49)/t28-,32+,34?/m1/s1. The molecule has 4 rings (SSSR count). The minimum atomic E-state index is -0.696. The van der Waals surface area contributed by atoms with Crippen LogP contribution in [0.4, 0.5) is 4.79 Å². The van der Waals surface area contributed by atoms with Crippen LogP contribution in [0, 0.1) is 0 Å². The average Bonchev–Trinajstić information content (AvgIpc) is 3.38. The van der Waals surface area contributed by atoms with E-state index in [9.17, 15) is 24.0 Å². The molecule has 3 atom stereocenters. The van der Waals surface area contributed by atoms with Crippen molar-refractivity contribution < 1.29 is 42.9 Å². The van der Waals surface area contributed by atoms with Crippen molar-refractivity contribution in [3.63, 3.8) is 0 Å². The maximum atomic E-state index is 13.0. The summed E-state index contributed by atoms with van der Waals surface area (Å²) in [6.45, 7) is 10.7. The first kappa shape index (κ1) is 44.1. The number of fused-ring (bicyclic) bond motifs is 1. The zero-order chi connectivity index (χ0) is 40.7. The molecule has 0 bridgehead atoms. The second-order valence-corrected chi connectivity index (χ2v) is 15.1. The van der Waals surface area contributed by atoms with Crippen LogP contribution in [0.5, 0.6) is 0 Å². The number of rotatable bonds is 23. The molecule has 1 saturated heterocycles. The normalized spacial score (nSPS) is 15.8. The number of imidazole rings is 1. The number of carbonyl (C=O) groups is 4. The molecule has 56 heavy (non-hydrogen) atoms. The second kappa shape index (κ2) is 21.7. The molecule has 2 aromatic carbocycles. The van der Waals surface area contributed by atoms with E-state index in [2.05, 4.69) is 22.8 Å². The molecule has 0 spiro atoms. The molecule has 15 heteroatoms. The monoisotopic (exact) mass is 781 g/mol. The van der Waals surface area contributed by atoms with Gasteiger partial charge in [-0.1, -0.05) is 30.3 Å². The Labute approximate surface area is 328 Å². The van der Waals surface area contributed by atoms with Crippen LogP contribution in [0.25, 0.3) is 11.0 Å². The highest BCUT2D eigenvalue weighted by atomic mass is 16.6. The fourth-order valence-electron chi connectivity index (χ4n) is 6.42. The number of benzene rings is 2. The molecule has 0 radical (unpaired) electrons. The number of ether oxygens (including phenoxy) is 5. The predicted octanol–water partition coefficient (Wildman–Crippen LogP) is 4.00. The lowest BCUT2D eigenvalue weighted by molar-refractivity contribution is -0.135. The fourth-order valence-corrected chi connectivity index (χ4v) is 6.42. The van der Waals surface area contributed by atoms with Crippen molar-refractivity contribution in [2.24, 2.45) is 12.8 Å². The molecule has 1 aliphatic heterocycles. The third-order valence-corrected chi connectivity index (χ3v) is 9.43. The van der Waals surface area contributed by atoms with E-state index in [-0.39, 0.29) is 30.5 Å². The first-order valence-corrected chi connectivity index (χ1v) is 19.5. The van der Waals surface area contributed by atoms with Crippen molar-refractivity contribution in [1.29, 1.82) is 0 Å². The zero-order valence-electron chi connectivity index (χ0n) is 33.4. The molecule has 0 saturated carbocycles. The van der Waals surface area contributed by atoms with Crippen molar-refractivity contribution >= 4 is 34.8 Å². The number of piperidine rings is 1. The topological polar surface area (TPSA) is 191 Å². The van der Waals surface area contributed by atoms with E-state index in [0.29, 0.717) is 64.6 Å². The SMILES string of the molecule is C[C@@H](OCc1ccc(CCCOCCOCCOCCCc2ccc3c(c2)n(C)c(=O)n3C2CCC(=O)NC2=O)cc1)[C@H](CCC(N)=O)NC(=O)OC(C)(C)C. The average molecular weight is 782 g/mol. The van der Waals surface area contributed by atoms with Gasteiger partial charge in [0.2, 0.25) is 17.7 Å². The number of aromatic nitrogens is 2. The number of carbonyl (C=O) groups excluding carboxylic acids is 4. The first-order chi connectivity index (χ1) is 26.7. The van der Waals surface area contributed by atoms with Gasteiger partial charge in [0.05, 0.1) is 56.2 Å². The summed E-state index contributed by atoms with van der Waals surface area (Å²) >= 11 is 0. The molecule has 1 unspecified atom stereocenters. The molecular formula is C41H59N5O10. The summed E-state index contributed by atoms with van der Waals surface area (Å²) in [5.41, 5.74) is 9.10. The molecule has 3 aromatic rings. The summed E-state index contributed by atoms with van der Waals surface area (Å²) < 4.78 is 31.5. The number of primary amides is 1. The summed E-state index contributed by atoms with van der Waals surface area (Å²) in [5.74, 6) is -1.20. The maximum absolute atomic E-state index is 13.0. The number of nitrogens with one attached hydrogen (secondary N) is 2. The van der Waals surface area contributed by atoms with E-state index >= 15 is 0 Å². The summed E-state index contributed by atoms with van der Waals surface area (Å²) in [7, 11) is 1.69.